The van der Waals surface area contributed by atoms with E-state index in [1.165, 1.54) is 0 Å². The topological polar surface area (TPSA) is 34.4 Å². The average Bonchev–Trinajstić information content (AvgIpc) is 2.61. The van der Waals surface area contributed by atoms with Crippen LogP contribution >= 0.6 is 15.9 Å². The highest BCUT2D eigenvalue weighted by molar-refractivity contribution is 9.10. The van der Waals surface area contributed by atoms with E-state index in [0.717, 1.165) is 36.2 Å². The number of nitrogens with one attached hydrogen (secondary N) is 1. The Bertz CT molecular complexity index is 269. The lowest BCUT2D eigenvalue weighted by Crippen LogP contribution is -2.32. The molecule has 1 atom stereocenters. The Morgan fingerprint density at radius 2 is 2.40 bits per heavy atom. The van der Waals surface area contributed by atoms with Crippen molar-refractivity contribution in [2.24, 2.45) is 0 Å². The molecule has 4 heteroatoms. The molecule has 15 heavy (non-hydrogen) atoms. The molecule has 0 aromatic carbocycles. The molecule has 0 radical (unpaired) electrons. The maximum absolute atomic E-state index is 5.32. The van der Waals surface area contributed by atoms with Crippen LogP contribution in [0.5, 0.6) is 0 Å². The summed E-state index contributed by atoms with van der Waals surface area (Å²) in [5, 5.41) is 3.42. The van der Waals surface area contributed by atoms with Crippen molar-refractivity contribution < 1.29 is 9.15 Å². The van der Waals surface area contributed by atoms with Crippen molar-refractivity contribution in [2.75, 3.05) is 13.7 Å². The summed E-state index contributed by atoms with van der Waals surface area (Å²) >= 11 is 3.43. The van der Waals surface area contributed by atoms with Gasteiger partial charge in [-0.2, -0.15) is 0 Å². The fraction of sp³-hybridized carbons (Fsp3) is 0.636. The van der Waals surface area contributed by atoms with Crippen LogP contribution in [0.2, 0.25) is 0 Å². The summed E-state index contributed by atoms with van der Waals surface area (Å²) in [4.78, 5) is 0. The smallest absolute Gasteiger partial charge is 0.131 e. The number of hydrogen-bond donors (Lipinski definition) is 1. The van der Waals surface area contributed by atoms with Crippen molar-refractivity contribution in [3.63, 3.8) is 0 Å². The van der Waals surface area contributed by atoms with Crippen LogP contribution in [0.1, 0.15) is 25.5 Å². The number of hydrogen-bond acceptors (Lipinski definition) is 3. The van der Waals surface area contributed by atoms with Gasteiger partial charge in [-0.3, -0.25) is 0 Å². The van der Waals surface area contributed by atoms with E-state index in [-0.39, 0.29) is 0 Å². The highest BCUT2D eigenvalue weighted by atomic mass is 79.9. The van der Waals surface area contributed by atoms with Gasteiger partial charge in [-0.15, -0.1) is 0 Å². The van der Waals surface area contributed by atoms with Gasteiger partial charge in [-0.05, 0) is 28.4 Å². The Morgan fingerprint density at radius 1 is 1.60 bits per heavy atom. The van der Waals surface area contributed by atoms with Crippen LogP contribution in [0.15, 0.2) is 21.2 Å². The second-order valence-electron chi connectivity index (χ2n) is 3.51. The van der Waals surface area contributed by atoms with Gasteiger partial charge in [-0.25, -0.2) is 0 Å². The van der Waals surface area contributed by atoms with E-state index in [2.05, 4.69) is 28.2 Å². The van der Waals surface area contributed by atoms with Crippen molar-refractivity contribution in [1.82, 2.24) is 5.32 Å². The van der Waals surface area contributed by atoms with Crippen LogP contribution in [0.25, 0.3) is 0 Å². The van der Waals surface area contributed by atoms with Crippen LogP contribution in [0.3, 0.4) is 0 Å². The number of ether oxygens (including phenoxy) is 1. The number of methoxy groups -OCH3 is 1. The van der Waals surface area contributed by atoms with E-state index in [1.54, 1.807) is 13.4 Å². The zero-order valence-corrected chi connectivity index (χ0v) is 10.8. The number of halogens is 1. The minimum absolute atomic E-state index is 0.400. The third-order valence-electron chi connectivity index (χ3n) is 2.25. The summed E-state index contributed by atoms with van der Waals surface area (Å²) in [6.07, 6.45) is 3.96. The van der Waals surface area contributed by atoms with E-state index in [9.17, 15) is 0 Å². The van der Waals surface area contributed by atoms with Crippen LogP contribution in [-0.2, 0) is 11.3 Å². The van der Waals surface area contributed by atoms with Gasteiger partial charge in [-0.1, -0.05) is 13.3 Å². The molecule has 3 nitrogen and oxygen atoms in total. The molecular weight excluding hydrogens is 258 g/mol. The Labute approximate surface area is 99.3 Å². The summed E-state index contributed by atoms with van der Waals surface area (Å²) in [7, 11) is 1.73. The molecule has 1 unspecified atom stereocenters. The monoisotopic (exact) mass is 275 g/mol. The van der Waals surface area contributed by atoms with Crippen LogP contribution < -0.4 is 5.32 Å². The molecule has 0 saturated heterocycles. The molecule has 1 heterocycles. The SMILES string of the molecule is CCCC(COC)NCc1occc1Br. The zero-order chi connectivity index (χ0) is 11.1. The predicted molar refractivity (Wildman–Crippen MR) is 63.8 cm³/mol. The normalized spacial score (nSPS) is 13.0. The maximum Gasteiger partial charge on any atom is 0.131 e. The van der Waals surface area contributed by atoms with Crippen LogP contribution in [0.4, 0.5) is 0 Å². The maximum atomic E-state index is 5.32. The summed E-state index contributed by atoms with van der Waals surface area (Å²) in [6, 6.07) is 2.30. The summed E-state index contributed by atoms with van der Waals surface area (Å²) in [5.41, 5.74) is 0. The zero-order valence-electron chi connectivity index (χ0n) is 9.25. The standard InChI is InChI=1S/C11H18BrNO2/c1-3-4-9(8-14-2)13-7-11-10(12)5-6-15-11/h5-6,9,13H,3-4,7-8H2,1-2H3. The molecule has 1 aromatic rings. The number of furan rings is 1. The molecule has 86 valence electrons. The van der Waals surface area contributed by atoms with Gasteiger partial charge in [0.25, 0.3) is 0 Å². The molecule has 0 amide bonds. The van der Waals surface area contributed by atoms with Crippen molar-refractivity contribution in [1.29, 1.82) is 0 Å². The van der Waals surface area contributed by atoms with Crippen molar-refractivity contribution in [3.8, 4) is 0 Å². The Morgan fingerprint density at radius 3 is 2.93 bits per heavy atom. The average molecular weight is 276 g/mol. The first-order valence-corrected chi connectivity index (χ1v) is 6.01. The largest absolute Gasteiger partial charge is 0.467 e. The van der Waals surface area contributed by atoms with Gasteiger partial charge in [0, 0.05) is 13.2 Å². The van der Waals surface area contributed by atoms with E-state index < -0.39 is 0 Å². The molecule has 0 bridgehead atoms. The molecule has 0 saturated carbocycles. The summed E-state index contributed by atoms with van der Waals surface area (Å²) < 4.78 is 11.5. The van der Waals surface area contributed by atoms with E-state index >= 15 is 0 Å². The van der Waals surface area contributed by atoms with E-state index in [1.807, 2.05) is 6.07 Å². The third kappa shape index (κ3) is 4.36. The van der Waals surface area contributed by atoms with Crippen molar-refractivity contribution >= 4 is 15.9 Å². The van der Waals surface area contributed by atoms with E-state index in [4.69, 9.17) is 9.15 Å². The molecule has 0 aliphatic rings. The van der Waals surface area contributed by atoms with Gasteiger partial charge in [0.2, 0.25) is 0 Å². The van der Waals surface area contributed by atoms with Gasteiger partial charge in [0.15, 0.2) is 0 Å². The van der Waals surface area contributed by atoms with Gasteiger partial charge < -0.3 is 14.5 Å². The van der Waals surface area contributed by atoms with Crippen LogP contribution in [0, 0.1) is 0 Å². The highest BCUT2D eigenvalue weighted by Crippen LogP contribution is 2.17. The lowest BCUT2D eigenvalue weighted by Gasteiger charge is -2.16. The minimum atomic E-state index is 0.400. The molecule has 0 spiro atoms. The molecular formula is C11H18BrNO2. The molecule has 1 aromatic heterocycles. The molecule has 0 fully saturated rings. The molecule has 0 aliphatic heterocycles. The fourth-order valence-electron chi connectivity index (χ4n) is 1.48. The first-order chi connectivity index (χ1) is 7.27. The number of rotatable bonds is 7. The van der Waals surface area contributed by atoms with Crippen molar-refractivity contribution in [3.05, 3.63) is 22.6 Å². The van der Waals surface area contributed by atoms with E-state index in [0.29, 0.717) is 6.04 Å². The van der Waals surface area contributed by atoms with Crippen molar-refractivity contribution in [2.45, 2.75) is 32.4 Å². The van der Waals surface area contributed by atoms with Gasteiger partial charge >= 0.3 is 0 Å². The fourth-order valence-corrected chi connectivity index (χ4v) is 1.82. The Kier molecular flexibility index (Phi) is 5.98. The minimum Gasteiger partial charge on any atom is -0.467 e. The molecule has 1 rings (SSSR count). The summed E-state index contributed by atoms with van der Waals surface area (Å²) in [5.74, 6) is 0.937. The predicted octanol–water partition coefficient (Wildman–Crippen LogP) is 2.95. The van der Waals surface area contributed by atoms with Crippen LogP contribution in [-0.4, -0.2) is 19.8 Å². The Balaban J connectivity index is 2.36. The second kappa shape index (κ2) is 7.04. The van der Waals surface area contributed by atoms with Gasteiger partial charge in [0.1, 0.15) is 5.76 Å². The van der Waals surface area contributed by atoms with Gasteiger partial charge in [0.05, 0.1) is 23.9 Å². The third-order valence-corrected chi connectivity index (χ3v) is 2.95. The second-order valence-corrected chi connectivity index (χ2v) is 4.37. The highest BCUT2D eigenvalue weighted by Gasteiger charge is 2.09. The molecule has 0 aliphatic carbocycles. The lowest BCUT2D eigenvalue weighted by molar-refractivity contribution is 0.160. The Hall–Kier alpha value is -0.320. The quantitative estimate of drug-likeness (QED) is 0.831. The first kappa shape index (κ1) is 12.7. The summed E-state index contributed by atoms with van der Waals surface area (Å²) in [6.45, 7) is 3.65. The molecule has 1 N–H and O–H groups in total. The lowest BCUT2D eigenvalue weighted by atomic mass is 10.2. The first-order valence-electron chi connectivity index (χ1n) is 5.22.